The van der Waals surface area contributed by atoms with E-state index in [9.17, 15) is 4.79 Å². The highest BCUT2D eigenvalue weighted by atomic mass is 16.2. The Morgan fingerprint density at radius 2 is 1.46 bits per heavy atom. The van der Waals surface area contributed by atoms with Crippen LogP contribution in [0.15, 0.2) is 48.5 Å². The summed E-state index contributed by atoms with van der Waals surface area (Å²) in [5.41, 5.74) is 4.68. The molecule has 148 valence electrons. The van der Waals surface area contributed by atoms with E-state index in [1.807, 2.05) is 17.0 Å². The zero-order valence-corrected chi connectivity index (χ0v) is 16.7. The largest absolute Gasteiger partial charge is 0.372 e. The fourth-order valence-electron chi connectivity index (χ4n) is 4.18. The number of piperazine rings is 1. The summed E-state index contributed by atoms with van der Waals surface area (Å²) >= 11 is 0. The number of benzene rings is 2. The van der Waals surface area contributed by atoms with E-state index in [4.69, 9.17) is 0 Å². The molecular formula is C23H30N4O. The molecule has 2 aromatic carbocycles. The number of nitrogens with zero attached hydrogens (tertiary/aromatic N) is 3. The number of nitrogens with one attached hydrogen (secondary N) is 1. The summed E-state index contributed by atoms with van der Waals surface area (Å²) in [5.74, 6) is 0. The summed E-state index contributed by atoms with van der Waals surface area (Å²) in [5, 5.41) is 3.06. The molecule has 0 bridgehead atoms. The van der Waals surface area contributed by atoms with Crippen molar-refractivity contribution in [2.45, 2.75) is 26.2 Å². The summed E-state index contributed by atoms with van der Waals surface area (Å²) in [7, 11) is 0. The van der Waals surface area contributed by atoms with Gasteiger partial charge < -0.3 is 20.0 Å². The van der Waals surface area contributed by atoms with Gasteiger partial charge in [0.05, 0.1) is 0 Å². The molecule has 0 aliphatic carbocycles. The van der Waals surface area contributed by atoms with E-state index in [0.29, 0.717) is 0 Å². The second-order valence-electron chi connectivity index (χ2n) is 7.79. The van der Waals surface area contributed by atoms with Crippen molar-refractivity contribution < 1.29 is 4.79 Å². The highest BCUT2D eigenvalue weighted by molar-refractivity contribution is 5.89. The van der Waals surface area contributed by atoms with Gasteiger partial charge in [-0.05, 0) is 62.1 Å². The molecule has 4 rings (SSSR count). The average molecular weight is 379 g/mol. The number of piperidine rings is 1. The van der Waals surface area contributed by atoms with E-state index < -0.39 is 0 Å². The van der Waals surface area contributed by atoms with Gasteiger partial charge in [-0.25, -0.2) is 4.79 Å². The van der Waals surface area contributed by atoms with Gasteiger partial charge >= 0.3 is 6.03 Å². The van der Waals surface area contributed by atoms with Gasteiger partial charge in [0.15, 0.2) is 0 Å². The number of rotatable bonds is 3. The molecule has 2 fully saturated rings. The van der Waals surface area contributed by atoms with E-state index >= 15 is 0 Å². The minimum absolute atomic E-state index is 0.00449. The number of carbonyl (C=O) groups excluding carboxylic acids is 1. The topological polar surface area (TPSA) is 38.8 Å². The van der Waals surface area contributed by atoms with Crippen LogP contribution in [-0.4, -0.2) is 50.2 Å². The quantitative estimate of drug-likeness (QED) is 0.863. The van der Waals surface area contributed by atoms with E-state index in [2.05, 4.69) is 58.4 Å². The Kier molecular flexibility index (Phi) is 5.70. The standard InChI is InChI=1S/C23H30N4O/c1-19-7-3-4-8-22(19)26-15-17-27(18-16-26)23(28)24-20-9-11-21(12-10-20)25-13-5-2-6-14-25/h3-4,7-12H,2,5-6,13-18H2,1H3,(H,24,28). The Bertz CT molecular complexity index is 791. The summed E-state index contributed by atoms with van der Waals surface area (Å²) in [6, 6.07) is 16.7. The van der Waals surface area contributed by atoms with Gasteiger partial charge in [-0.3, -0.25) is 0 Å². The predicted molar refractivity (Wildman–Crippen MR) is 116 cm³/mol. The summed E-state index contributed by atoms with van der Waals surface area (Å²) < 4.78 is 0. The van der Waals surface area contributed by atoms with Crippen LogP contribution in [0.1, 0.15) is 24.8 Å². The lowest BCUT2D eigenvalue weighted by Crippen LogP contribution is -2.50. The van der Waals surface area contributed by atoms with Gasteiger partial charge in [-0.15, -0.1) is 0 Å². The maximum absolute atomic E-state index is 12.7. The van der Waals surface area contributed by atoms with Crippen LogP contribution in [0.25, 0.3) is 0 Å². The molecule has 2 heterocycles. The van der Waals surface area contributed by atoms with E-state index in [1.165, 1.54) is 36.2 Å². The number of para-hydroxylation sites is 1. The minimum atomic E-state index is -0.00449. The third kappa shape index (κ3) is 4.24. The number of amides is 2. The van der Waals surface area contributed by atoms with Gasteiger partial charge in [0.25, 0.3) is 0 Å². The summed E-state index contributed by atoms with van der Waals surface area (Å²) in [6.45, 7) is 7.63. The molecule has 2 aliphatic rings. The normalized spacial score (nSPS) is 17.5. The SMILES string of the molecule is Cc1ccccc1N1CCN(C(=O)Nc2ccc(N3CCCCC3)cc2)CC1. The monoisotopic (exact) mass is 378 g/mol. The molecule has 2 aliphatic heterocycles. The van der Waals surface area contributed by atoms with Crippen LogP contribution in [0.4, 0.5) is 21.9 Å². The molecule has 0 atom stereocenters. The molecule has 0 saturated carbocycles. The first-order valence-electron chi connectivity index (χ1n) is 10.4. The maximum atomic E-state index is 12.7. The molecule has 28 heavy (non-hydrogen) atoms. The molecule has 5 nitrogen and oxygen atoms in total. The lowest BCUT2D eigenvalue weighted by molar-refractivity contribution is 0.208. The molecule has 2 aromatic rings. The van der Waals surface area contributed by atoms with Crippen molar-refractivity contribution in [3.63, 3.8) is 0 Å². The Morgan fingerprint density at radius 3 is 2.14 bits per heavy atom. The number of anilines is 3. The highest BCUT2D eigenvalue weighted by Crippen LogP contribution is 2.23. The zero-order chi connectivity index (χ0) is 19.3. The Hall–Kier alpha value is -2.69. The second-order valence-corrected chi connectivity index (χ2v) is 7.79. The molecule has 2 amide bonds. The number of carbonyl (C=O) groups is 1. The molecule has 0 aromatic heterocycles. The fourth-order valence-corrected chi connectivity index (χ4v) is 4.18. The van der Waals surface area contributed by atoms with Crippen LogP contribution >= 0.6 is 0 Å². The maximum Gasteiger partial charge on any atom is 0.321 e. The molecule has 0 unspecified atom stereocenters. The van der Waals surface area contributed by atoms with Crippen molar-refractivity contribution in [2.75, 3.05) is 54.4 Å². The number of hydrogen-bond donors (Lipinski definition) is 1. The molecule has 0 spiro atoms. The highest BCUT2D eigenvalue weighted by Gasteiger charge is 2.22. The van der Waals surface area contributed by atoms with Crippen LogP contribution in [0, 0.1) is 6.92 Å². The van der Waals surface area contributed by atoms with Crippen molar-refractivity contribution in [1.82, 2.24) is 4.90 Å². The van der Waals surface area contributed by atoms with Gasteiger partial charge in [0.1, 0.15) is 0 Å². The van der Waals surface area contributed by atoms with Crippen molar-refractivity contribution in [2.24, 2.45) is 0 Å². The predicted octanol–water partition coefficient (Wildman–Crippen LogP) is 4.34. The average Bonchev–Trinajstić information content (AvgIpc) is 2.75. The van der Waals surface area contributed by atoms with Crippen molar-refractivity contribution >= 4 is 23.1 Å². The van der Waals surface area contributed by atoms with E-state index in [-0.39, 0.29) is 6.03 Å². The Balaban J connectivity index is 1.30. The first kappa shape index (κ1) is 18.7. The fraction of sp³-hybridized carbons (Fsp3) is 0.435. The molecular weight excluding hydrogens is 348 g/mol. The Morgan fingerprint density at radius 1 is 0.786 bits per heavy atom. The number of hydrogen-bond acceptors (Lipinski definition) is 3. The second kappa shape index (κ2) is 8.55. The van der Waals surface area contributed by atoms with Crippen molar-refractivity contribution in [3.8, 4) is 0 Å². The van der Waals surface area contributed by atoms with E-state index in [1.54, 1.807) is 0 Å². The van der Waals surface area contributed by atoms with Crippen LogP contribution in [0.2, 0.25) is 0 Å². The minimum Gasteiger partial charge on any atom is -0.372 e. The van der Waals surface area contributed by atoms with Gasteiger partial charge in [-0.1, -0.05) is 18.2 Å². The first-order valence-corrected chi connectivity index (χ1v) is 10.4. The smallest absolute Gasteiger partial charge is 0.321 e. The van der Waals surface area contributed by atoms with Gasteiger partial charge in [0, 0.05) is 56.3 Å². The molecule has 5 heteroatoms. The molecule has 1 N–H and O–H groups in total. The Labute approximate surface area is 167 Å². The number of aryl methyl sites for hydroxylation is 1. The number of urea groups is 1. The third-order valence-electron chi connectivity index (χ3n) is 5.86. The zero-order valence-electron chi connectivity index (χ0n) is 16.7. The van der Waals surface area contributed by atoms with Crippen LogP contribution < -0.4 is 15.1 Å². The lowest BCUT2D eigenvalue weighted by Gasteiger charge is -2.36. The summed E-state index contributed by atoms with van der Waals surface area (Å²) in [6.07, 6.45) is 3.88. The third-order valence-corrected chi connectivity index (χ3v) is 5.86. The van der Waals surface area contributed by atoms with Crippen LogP contribution in [0.3, 0.4) is 0 Å². The van der Waals surface area contributed by atoms with Crippen molar-refractivity contribution in [1.29, 1.82) is 0 Å². The van der Waals surface area contributed by atoms with Crippen molar-refractivity contribution in [3.05, 3.63) is 54.1 Å². The van der Waals surface area contributed by atoms with E-state index in [0.717, 1.165) is 45.0 Å². The molecule has 2 saturated heterocycles. The first-order chi connectivity index (χ1) is 13.7. The van der Waals surface area contributed by atoms with Gasteiger partial charge in [-0.2, -0.15) is 0 Å². The van der Waals surface area contributed by atoms with Gasteiger partial charge in [0.2, 0.25) is 0 Å². The molecule has 0 radical (unpaired) electrons. The van der Waals surface area contributed by atoms with Crippen LogP contribution in [-0.2, 0) is 0 Å². The van der Waals surface area contributed by atoms with Crippen LogP contribution in [0.5, 0.6) is 0 Å². The summed E-state index contributed by atoms with van der Waals surface area (Å²) in [4.78, 5) is 19.4. The lowest BCUT2D eigenvalue weighted by atomic mass is 10.1.